The maximum absolute atomic E-state index is 12.6. The van der Waals surface area contributed by atoms with Gasteiger partial charge in [0.05, 0.1) is 6.10 Å². The molecule has 0 bridgehead atoms. The number of aliphatic hydroxyl groups excluding tert-OH is 1. The summed E-state index contributed by atoms with van der Waals surface area (Å²) < 4.78 is 1.61. The number of piperidine rings is 1. The van der Waals surface area contributed by atoms with Crippen molar-refractivity contribution >= 4 is 18.3 Å². The van der Waals surface area contributed by atoms with Crippen molar-refractivity contribution in [3.63, 3.8) is 0 Å². The van der Waals surface area contributed by atoms with E-state index < -0.39 is 6.10 Å². The third-order valence-electron chi connectivity index (χ3n) is 4.21. The Labute approximate surface area is 149 Å². The molecule has 1 fully saturated rings. The molecule has 1 amide bonds. The largest absolute Gasteiger partial charge is 0.392 e. The minimum Gasteiger partial charge on any atom is -0.392 e. The van der Waals surface area contributed by atoms with Crippen molar-refractivity contribution in [3.05, 3.63) is 33.7 Å². The van der Waals surface area contributed by atoms with Gasteiger partial charge < -0.3 is 20.3 Å². The zero-order chi connectivity index (χ0) is 17.0. The lowest BCUT2D eigenvalue weighted by atomic mass is 10.0. The van der Waals surface area contributed by atoms with Gasteiger partial charge in [-0.2, -0.15) is 0 Å². The van der Waals surface area contributed by atoms with Crippen molar-refractivity contribution in [1.29, 1.82) is 0 Å². The highest BCUT2D eigenvalue weighted by atomic mass is 35.5. The van der Waals surface area contributed by atoms with E-state index in [4.69, 9.17) is 0 Å². The Balaban J connectivity index is 0.00000288. The number of amides is 1. The van der Waals surface area contributed by atoms with E-state index in [0.29, 0.717) is 37.5 Å². The molecule has 24 heavy (non-hydrogen) atoms. The summed E-state index contributed by atoms with van der Waals surface area (Å²) >= 11 is 0. The molecule has 1 aromatic heterocycles. The van der Waals surface area contributed by atoms with Gasteiger partial charge in [-0.15, -0.1) is 12.4 Å². The zero-order valence-corrected chi connectivity index (χ0v) is 15.4. The minimum absolute atomic E-state index is 0. The van der Waals surface area contributed by atoms with E-state index >= 15 is 0 Å². The summed E-state index contributed by atoms with van der Waals surface area (Å²) in [6.45, 7) is 7.75. The number of aryl methyl sites for hydroxylation is 2. The first-order valence-electron chi connectivity index (χ1n) is 8.28. The van der Waals surface area contributed by atoms with Gasteiger partial charge in [0.2, 0.25) is 0 Å². The van der Waals surface area contributed by atoms with Crippen LogP contribution in [-0.4, -0.2) is 40.8 Å². The molecule has 0 aliphatic carbocycles. The molecular formula is C17H28ClN3O3. The first-order chi connectivity index (χ1) is 10.9. The summed E-state index contributed by atoms with van der Waals surface area (Å²) in [4.78, 5) is 25.1. The molecule has 1 aliphatic heterocycles. The number of halogens is 1. The molecule has 0 radical (unpaired) electrons. The number of rotatable bonds is 5. The molecule has 1 saturated heterocycles. The minimum atomic E-state index is -0.464. The van der Waals surface area contributed by atoms with Crippen LogP contribution < -0.4 is 16.2 Å². The highest BCUT2D eigenvalue weighted by molar-refractivity contribution is 5.95. The zero-order valence-electron chi connectivity index (χ0n) is 14.5. The van der Waals surface area contributed by atoms with Crippen LogP contribution in [0.3, 0.4) is 0 Å². The summed E-state index contributed by atoms with van der Waals surface area (Å²) in [5.41, 5.74) is 0.640. The first kappa shape index (κ1) is 20.7. The van der Waals surface area contributed by atoms with E-state index in [1.807, 2.05) is 6.07 Å². The molecule has 1 aliphatic rings. The molecular weight excluding hydrogens is 330 g/mol. The van der Waals surface area contributed by atoms with Crippen LogP contribution in [0.2, 0.25) is 0 Å². The molecule has 0 saturated carbocycles. The van der Waals surface area contributed by atoms with Crippen LogP contribution >= 0.6 is 12.4 Å². The van der Waals surface area contributed by atoms with E-state index in [0.717, 1.165) is 6.42 Å². The second-order valence-corrected chi connectivity index (χ2v) is 6.77. The fourth-order valence-corrected chi connectivity index (χ4v) is 2.80. The summed E-state index contributed by atoms with van der Waals surface area (Å²) in [7, 11) is 0. The van der Waals surface area contributed by atoms with Gasteiger partial charge in [-0.05, 0) is 37.3 Å². The fourth-order valence-electron chi connectivity index (χ4n) is 2.80. The third-order valence-corrected chi connectivity index (χ3v) is 4.21. The molecule has 2 rings (SSSR count). The quantitative estimate of drug-likeness (QED) is 0.736. The van der Waals surface area contributed by atoms with Gasteiger partial charge >= 0.3 is 0 Å². The second kappa shape index (κ2) is 9.20. The number of nitrogens with zero attached hydrogens (tertiary/aromatic N) is 1. The normalized spacial score (nSPS) is 20.5. The Kier molecular flexibility index (Phi) is 7.93. The van der Waals surface area contributed by atoms with Gasteiger partial charge in [-0.1, -0.05) is 13.8 Å². The number of carbonyl (C=O) groups is 1. The van der Waals surface area contributed by atoms with Crippen LogP contribution in [0.25, 0.3) is 0 Å². The summed E-state index contributed by atoms with van der Waals surface area (Å²) in [5, 5.41) is 15.6. The van der Waals surface area contributed by atoms with Crippen LogP contribution in [0.1, 0.15) is 42.6 Å². The summed E-state index contributed by atoms with van der Waals surface area (Å²) in [6, 6.07) is 1.65. The standard InChI is InChI=1S/C17H27N3O3.ClH/c1-11(2)4-6-20-7-5-12(3)15(17(20)23)16(22)19-13-8-14(21)10-18-9-13;/h5,7,11,13-14,18,21H,4,6,8-10H2,1-3H3,(H,19,22);1H/t13-,14+;/m0./s1. The number of hydrogen-bond acceptors (Lipinski definition) is 4. The van der Waals surface area contributed by atoms with E-state index in [2.05, 4.69) is 24.5 Å². The molecule has 0 aromatic carbocycles. The molecule has 3 N–H and O–H groups in total. The lowest BCUT2D eigenvalue weighted by Gasteiger charge is -2.27. The van der Waals surface area contributed by atoms with E-state index in [1.165, 1.54) is 0 Å². The Hall–Kier alpha value is -1.37. The highest BCUT2D eigenvalue weighted by Crippen LogP contribution is 2.08. The van der Waals surface area contributed by atoms with Crippen LogP contribution in [0.4, 0.5) is 0 Å². The van der Waals surface area contributed by atoms with Crippen molar-refractivity contribution in [2.75, 3.05) is 13.1 Å². The van der Waals surface area contributed by atoms with Gasteiger partial charge in [0.15, 0.2) is 0 Å². The molecule has 7 heteroatoms. The van der Waals surface area contributed by atoms with Crippen LogP contribution in [0.15, 0.2) is 17.1 Å². The predicted molar refractivity (Wildman–Crippen MR) is 96.9 cm³/mol. The number of β-amino-alcohol motifs (C(OH)–C–C–N with tert-alkyl or cyclic N) is 1. The first-order valence-corrected chi connectivity index (χ1v) is 8.28. The summed E-state index contributed by atoms with van der Waals surface area (Å²) in [5.74, 6) is 0.141. The maximum atomic E-state index is 12.6. The van der Waals surface area contributed by atoms with Gasteiger partial charge in [-0.3, -0.25) is 9.59 Å². The Morgan fingerprint density at radius 1 is 1.46 bits per heavy atom. The number of pyridine rings is 1. The molecule has 6 nitrogen and oxygen atoms in total. The number of aromatic nitrogens is 1. The molecule has 136 valence electrons. The SMILES string of the molecule is Cc1ccn(CCC(C)C)c(=O)c1C(=O)N[C@@H]1CNC[C@H](O)C1.Cl. The predicted octanol–water partition coefficient (Wildman–Crippen LogP) is 1.08. The monoisotopic (exact) mass is 357 g/mol. The Morgan fingerprint density at radius 3 is 2.79 bits per heavy atom. The molecule has 2 heterocycles. The van der Waals surface area contributed by atoms with Crippen LogP contribution in [0.5, 0.6) is 0 Å². The van der Waals surface area contributed by atoms with E-state index in [1.54, 1.807) is 17.7 Å². The van der Waals surface area contributed by atoms with Crippen LogP contribution in [-0.2, 0) is 6.54 Å². The summed E-state index contributed by atoms with van der Waals surface area (Å²) in [6.07, 6.45) is 2.69. The average Bonchev–Trinajstić information content (AvgIpc) is 2.46. The maximum Gasteiger partial charge on any atom is 0.263 e. The second-order valence-electron chi connectivity index (χ2n) is 6.77. The van der Waals surface area contributed by atoms with Crippen LogP contribution in [0, 0.1) is 12.8 Å². The number of nitrogens with one attached hydrogen (secondary N) is 2. The number of aliphatic hydroxyl groups is 1. The molecule has 1 aromatic rings. The van der Waals surface area contributed by atoms with Gasteiger partial charge in [0.25, 0.3) is 11.5 Å². The van der Waals surface area contributed by atoms with Crippen molar-refractivity contribution in [3.8, 4) is 0 Å². The smallest absolute Gasteiger partial charge is 0.263 e. The lowest BCUT2D eigenvalue weighted by molar-refractivity contribution is 0.0873. The molecule has 0 unspecified atom stereocenters. The number of carbonyl (C=O) groups excluding carboxylic acids is 1. The number of hydrogen-bond donors (Lipinski definition) is 3. The van der Waals surface area contributed by atoms with Crippen molar-refractivity contribution in [1.82, 2.24) is 15.2 Å². The Morgan fingerprint density at radius 2 is 2.17 bits per heavy atom. The fraction of sp³-hybridized carbons (Fsp3) is 0.647. The Bertz CT molecular complexity index is 616. The van der Waals surface area contributed by atoms with Gasteiger partial charge in [0, 0.05) is 31.9 Å². The topological polar surface area (TPSA) is 83.4 Å². The van der Waals surface area contributed by atoms with Crippen molar-refractivity contribution < 1.29 is 9.90 Å². The van der Waals surface area contributed by atoms with Gasteiger partial charge in [0.1, 0.15) is 5.56 Å². The average molecular weight is 358 g/mol. The third kappa shape index (κ3) is 5.33. The van der Waals surface area contributed by atoms with E-state index in [9.17, 15) is 14.7 Å². The molecule has 0 spiro atoms. The van der Waals surface area contributed by atoms with E-state index in [-0.39, 0.29) is 35.5 Å². The highest BCUT2D eigenvalue weighted by Gasteiger charge is 2.24. The molecule has 2 atom stereocenters. The van der Waals surface area contributed by atoms with Gasteiger partial charge in [-0.25, -0.2) is 0 Å². The van der Waals surface area contributed by atoms with Crippen molar-refractivity contribution in [2.45, 2.75) is 52.3 Å². The lowest BCUT2D eigenvalue weighted by Crippen LogP contribution is -2.51. The van der Waals surface area contributed by atoms with Crippen molar-refractivity contribution in [2.24, 2.45) is 5.92 Å².